The van der Waals surface area contributed by atoms with E-state index in [-0.39, 0.29) is 13.5 Å². The van der Waals surface area contributed by atoms with Gasteiger partial charge in [-0.2, -0.15) is 13.5 Å². The van der Waals surface area contributed by atoms with Gasteiger partial charge in [-0.05, 0) is 37.8 Å². The summed E-state index contributed by atoms with van der Waals surface area (Å²) in [7, 11) is 0. The third kappa shape index (κ3) is 19.0. The number of unbranched alkanes of at least 4 members (excludes halogenated alkanes) is 4. The van der Waals surface area contributed by atoms with Gasteiger partial charge in [0.05, 0.1) is 26.2 Å². The molecule has 1 N–H and O–H groups in total. The van der Waals surface area contributed by atoms with Crippen LogP contribution in [0.4, 0.5) is 0 Å². The third-order valence-corrected chi connectivity index (χ3v) is 5.37. The largest absolute Gasteiger partial charge is 0.508 e. The number of nitrogens with zero attached hydrogens (tertiary/aromatic N) is 1. The molecular weight excluding hydrogens is 398 g/mol. The Hall–Kier alpha value is -1.45. The number of quaternary nitrogens is 1. The molecule has 178 valence electrons. The molecule has 0 saturated heterocycles. The van der Waals surface area contributed by atoms with Crippen LogP contribution in [-0.4, -0.2) is 35.8 Å². The van der Waals surface area contributed by atoms with Crippen LogP contribution in [0.2, 0.25) is 0 Å². The van der Waals surface area contributed by atoms with E-state index in [1.54, 1.807) is 24.3 Å². The van der Waals surface area contributed by atoms with Crippen LogP contribution in [0.3, 0.4) is 0 Å². The van der Waals surface area contributed by atoms with E-state index in [1.165, 1.54) is 82.0 Å². The summed E-state index contributed by atoms with van der Waals surface area (Å²) in [4.78, 5) is 0. The molecule has 0 heterocycles. The topological polar surface area (TPSA) is 20.2 Å². The van der Waals surface area contributed by atoms with E-state index in [9.17, 15) is 0 Å². The number of hydrogen-bond donors (Lipinski definition) is 1. The molecule has 0 aromatic heterocycles. The van der Waals surface area contributed by atoms with Crippen LogP contribution in [0.15, 0.2) is 66.7 Å². The van der Waals surface area contributed by atoms with Crippen molar-refractivity contribution in [1.82, 2.24) is 0 Å². The minimum atomic E-state index is 0. The number of phenolic OH excluding ortho intramolecular Hbond substituents is 1. The molecule has 3 heteroatoms. The lowest BCUT2D eigenvalue weighted by Crippen LogP contribution is -2.50. The Morgan fingerprint density at radius 1 is 0.516 bits per heavy atom. The molecule has 2 aromatic carbocycles. The minimum absolute atomic E-state index is 0. The van der Waals surface area contributed by atoms with Gasteiger partial charge in [0.15, 0.2) is 0 Å². The summed E-state index contributed by atoms with van der Waals surface area (Å²) in [5.41, 5.74) is 0. The molecule has 2 aromatic rings. The van der Waals surface area contributed by atoms with Gasteiger partial charge in [0.1, 0.15) is 5.75 Å². The van der Waals surface area contributed by atoms with Crippen molar-refractivity contribution in [2.24, 2.45) is 0 Å². The molecule has 0 aliphatic carbocycles. The van der Waals surface area contributed by atoms with E-state index in [1.807, 2.05) is 42.5 Å². The lowest BCUT2D eigenvalue weighted by molar-refractivity contribution is -0.929. The fraction of sp³-hybridized carbons (Fsp3) is 0.571. The predicted octanol–water partition coefficient (Wildman–Crippen LogP) is 8.20. The Labute approximate surface area is 200 Å². The van der Waals surface area contributed by atoms with Crippen molar-refractivity contribution < 1.29 is 9.59 Å². The average molecular weight is 449 g/mol. The molecule has 0 amide bonds. The number of benzene rings is 2. The van der Waals surface area contributed by atoms with E-state index in [0.29, 0.717) is 5.75 Å². The standard InChI is InChI=1S/C16H36N.C6H6O.C6H6.H2S/c1-5-9-13-17(14-10-6-2,15-11-7-3)16-12-8-4;7-6-4-2-1-3-5-6;1-2-4-6-5-3-1;/h5-16H2,1-4H3;1-5,7H;1-6H;1H2/q+1;;;. The average Bonchev–Trinajstić information content (AvgIpc) is 2.80. The first kappa shape index (κ1) is 31.7. The van der Waals surface area contributed by atoms with Crippen molar-refractivity contribution in [1.29, 1.82) is 0 Å². The summed E-state index contributed by atoms with van der Waals surface area (Å²) in [5, 5.41) is 8.63. The van der Waals surface area contributed by atoms with Crippen LogP contribution in [0.25, 0.3) is 0 Å². The maximum Gasteiger partial charge on any atom is 0.115 e. The first-order chi connectivity index (χ1) is 14.6. The van der Waals surface area contributed by atoms with Gasteiger partial charge in [0, 0.05) is 0 Å². The molecule has 2 nitrogen and oxygen atoms in total. The summed E-state index contributed by atoms with van der Waals surface area (Å²) in [5.74, 6) is 0.322. The van der Waals surface area contributed by atoms with Gasteiger partial charge >= 0.3 is 0 Å². The highest BCUT2D eigenvalue weighted by atomic mass is 32.1. The van der Waals surface area contributed by atoms with Crippen molar-refractivity contribution in [3.8, 4) is 5.75 Å². The minimum Gasteiger partial charge on any atom is -0.508 e. The number of phenols is 1. The van der Waals surface area contributed by atoms with E-state index < -0.39 is 0 Å². The summed E-state index contributed by atoms with van der Waals surface area (Å²) >= 11 is 0. The van der Waals surface area contributed by atoms with Gasteiger partial charge in [-0.1, -0.05) is 108 Å². The molecular formula is C28H50NOS+. The zero-order valence-electron chi connectivity index (χ0n) is 20.7. The molecule has 31 heavy (non-hydrogen) atoms. The van der Waals surface area contributed by atoms with E-state index >= 15 is 0 Å². The molecule has 0 unspecified atom stereocenters. The first-order valence-corrected chi connectivity index (χ1v) is 12.2. The lowest BCUT2D eigenvalue weighted by Gasteiger charge is -2.39. The third-order valence-electron chi connectivity index (χ3n) is 5.37. The maximum absolute atomic E-state index is 8.63. The van der Waals surface area contributed by atoms with Crippen LogP contribution < -0.4 is 0 Å². The normalized spacial score (nSPS) is 10.1. The van der Waals surface area contributed by atoms with Crippen molar-refractivity contribution in [2.45, 2.75) is 79.1 Å². The Morgan fingerprint density at radius 2 is 0.774 bits per heavy atom. The van der Waals surface area contributed by atoms with Crippen LogP contribution >= 0.6 is 13.5 Å². The van der Waals surface area contributed by atoms with Gasteiger partial charge in [-0.25, -0.2) is 0 Å². The number of hydrogen-bond acceptors (Lipinski definition) is 1. The second kappa shape index (κ2) is 23.2. The zero-order chi connectivity index (χ0) is 22.3. The molecule has 0 radical (unpaired) electrons. The predicted molar refractivity (Wildman–Crippen MR) is 144 cm³/mol. The zero-order valence-corrected chi connectivity index (χ0v) is 21.7. The van der Waals surface area contributed by atoms with Crippen molar-refractivity contribution in [3.63, 3.8) is 0 Å². The quantitative estimate of drug-likeness (QED) is 0.324. The molecule has 0 bridgehead atoms. The monoisotopic (exact) mass is 448 g/mol. The van der Waals surface area contributed by atoms with E-state index in [2.05, 4.69) is 27.7 Å². The van der Waals surface area contributed by atoms with Crippen molar-refractivity contribution in [3.05, 3.63) is 66.7 Å². The van der Waals surface area contributed by atoms with Gasteiger partial charge in [-0.15, -0.1) is 0 Å². The summed E-state index contributed by atoms with van der Waals surface area (Å²) in [6, 6.07) is 20.7. The number of para-hydroxylation sites is 1. The van der Waals surface area contributed by atoms with Crippen molar-refractivity contribution >= 4 is 13.5 Å². The lowest BCUT2D eigenvalue weighted by atomic mass is 10.1. The Balaban J connectivity index is 0. The highest BCUT2D eigenvalue weighted by Gasteiger charge is 2.24. The fourth-order valence-electron chi connectivity index (χ4n) is 3.46. The van der Waals surface area contributed by atoms with Crippen LogP contribution in [0.5, 0.6) is 5.75 Å². The van der Waals surface area contributed by atoms with Gasteiger partial charge in [-0.3, -0.25) is 0 Å². The summed E-state index contributed by atoms with van der Waals surface area (Å²) in [6.45, 7) is 15.0. The highest BCUT2D eigenvalue weighted by Crippen LogP contribution is 2.16. The van der Waals surface area contributed by atoms with Crippen molar-refractivity contribution in [2.75, 3.05) is 26.2 Å². The smallest absolute Gasteiger partial charge is 0.115 e. The number of aromatic hydroxyl groups is 1. The van der Waals surface area contributed by atoms with Crippen LogP contribution in [0.1, 0.15) is 79.1 Å². The SMILES string of the molecule is CCCC[N+](CCCC)(CCCC)CCCC.Oc1ccccc1.S.c1ccccc1. The summed E-state index contributed by atoms with van der Waals surface area (Å²) in [6.07, 6.45) is 11.1. The van der Waals surface area contributed by atoms with Gasteiger partial charge in [0.25, 0.3) is 0 Å². The second-order valence-corrected chi connectivity index (χ2v) is 8.14. The van der Waals surface area contributed by atoms with Gasteiger partial charge < -0.3 is 9.59 Å². The number of rotatable bonds is 12. The molecule has 0 spiro atoms. The van der Waals surface area contributed by atoms with Crippen LogP contribution in [-0.2, 0) is 0 Å². The Morgan fingerprint density at radius 3 is 0.968 bits per heavy atom. The highest BCUT2D eigenvalue weighted by molar-refractivity contribution is 7.59. The maximum atomic E-state index is 8.63. The molecule has 0 aliphatic heterocycles. The van der Waals surface area contributed by atoms with E-state index in [4.69, 9.17) is 5.11 Å². The Kier molecular flexibility index (Phi) is 23.8. The van der Waals surface area contributed by atoms with E-state index in [0.717, 1.165) is 0 Å². The van der Waals surface area contributed by atoms with Gasteiger partial charge in [0.2, 0.25) is 0 Å². The molecule has 2 rings (SSSR count). The van der Waals surface area contributed by atoms with Crippen LogP contribution in [0, 0.1) is 0 Å². The second-order valence-electron chi connectivity index (χ2n) is 8.14. The summed E-state index contributed by atoms with van der Waals surface area (Å²) < 4.78 is 1.42. The molecule has 0 aliphatic rings. The first-order valence-electron chi connectivity index (χ1n) is 12.2. The fourth-order valence-corrected chi connectivity index (χ4v) is 3.46. The molecule has 0 atom stereocenters. The Bertz CT molecular complexity index is 498. The molecule has 0 saturated carbocycles. The molecule has 0 fully saturated rings.